The van der Waals surface area contributed by atoms with Crippen molar-refractivity contribution in [2.24, 2.45) is 5.73 Å². The fourth-order valence-corrected chi connectivity index (χ4v) is 2.41. The Balaban J connectivity index is 2.11. The maximum atomic E-state index is 13.1. The Kier molecular flexibility index (Phi) is 3.81. The predicted molar refractivity (Wildman–Crippen MR) is 68.7 cm³/mol. The van der Waals surface area contributed by atoms with Gasteiger partial charge in [-0.1, -0.05) is 0 Å². The SMILES string of the molecule is CC(=O)NC1CCN(c2ccc(F)cc2CN)C1. The smallest absolute Gasteiger partial charge is 0.217 e. The van der Waals surface area contributed by atoms with Gasteiger partial charge in [-0.3, -0.25) is 4.79 Å². The molecule has 0 saturated carbocycles. The van der Waals surface area contributed by atoms with Crippen molar-refractivity contribution < 1.29 is 9.18 Å². The minimum Gasteiger partial charge on any atom is -0.369 e. The summed E-state index contributed by atoms with van der Waals surface area (Å²) in [6, 6.07) is 4.84. The van der Waals surface area contributed by atoms with E-state index in [9.17, 15) is 9.18 Å². The molecule has 1 atom stereocenters. The molecule has 2 rings (SSSR count). The number of hydrogen-bond acceptors (Lipinski definition) is 3. The van der Waals surface area contributed by atoms with Crippen LogP contribution in [0, 0.1) is 5.82 Å². The van der Waals surface area contributed by atoms with Gasteiger partial charge in [0, 0.05) is 38.3 Å². The van der Waals surface area contributed by atoms with Gasteiger partial charge in [0.05, 0.1) is 0 Å². The van der Waals surface area contributed by atoms with Gasteiger partial charge in [-0.05, 0) is 30.2 Å². The number of nitrogens with one attached hydrogen (secondary N) is 1. The van der Waals surface area contributed by atoms with E-state index in [1.54, 1.807) is 6.07 Å². The van der Waals surface area contributed by atoms with E-state index in [0.717, 1.165) is 30.8 Å². The third-order valence-electron chi connectivity index (χ3n) is 3.20. The van der Waals surface area contributed by atoms with E-state index in [1.807, 2.05) is 0 Å². The van der Waals surface area contributed by atoms with Crippen molar-refractivity contribution in [2.75, 3.05) is 18.0 Å². The van der Waals surface area contributed by atoms with Gasteiger partial charge in [0.25, 0.3) is 0 Å². The van der Waals surface area contributed by atoms with Crippen LogP contribution in [0.25, 0.3) is 0 Å². The lowest BCUT2D eigenvalue weighted by Crippen LogP contribution is -2.35. The molecule has 5 heteroatoms. The number of rotatable bonds is 3. The summed E-state index contributed by atoms with van der Waals surface area (Å²) in [7, 11) is 0. The van der Waals surface area contributed by atoms with Crippen molar-refractivity contribution in [1.29, 1.82) is 0 Å². The highest BCUT2D eigenvalue weighted by molar-refractivity contribution is 5.73. The van der Waals surface area contributed by atoms with Crippen LogP contribution < -0.4 is 16.0 Å². The van der Waals surface area contributed by atoms with E-state index in [4.69, 9.17) is 5.73 Å². The van der Waals surface area contributed by atoms with Gasteiger partial charge >= 0.3 is 0 Å². The molecule has 0 aromatic heterocycles. The molecule has 1 heterocycles. The second kappa shape index (κ2) is 5.35. The number of halogens is 1. The molecule has 0 bridgehead atoms. The molecule has 1 aliphatic rings. The minimum absolute atomic E-state index is 0.0139. The largest absolute Gasteiger partial charge is 0.369 e. The first-order valence-corrected chi connectivity index (χ1v) is 6.10. The average Bonchev–Trinajstić information content (AvgIpc) is 2.76. The van der Waals surface area contributed by atoms with Crippen molar-refractivity contribution in [3.63, 3.8) is 0 Å². The van der Waals surface area contributed by atoms with E-state index < -0.39 is 0 Å². The first kappa shape index (κ1) is 12.8. The van der Waals surface area contributed by atoms with Crippen LogP contribution in [0.5, 0.6) is 0 Å². The molecular weight excluding hydrogens is 233 g/mol. The van der Waals surface area contributed by atoms with Crippen molar-refractivity contribution in [3.05, 3.63) is 29.6 Å². The Labute approximate surface area is 106 Å². The van der Waals surface area contributed by atoms with Gasteiger partial charge in [0.2, 0.25) is 5.91 Å². The van der Waals surface area contributed by atoms with E-state index in [0.29, 0.717) is 6.54 Å². The molecule has 18 heavy (non-hydrogen) atoms. The maximum absolute atomic E-state index is 13.1. The fourth-order valence-electron chi connectivity index (χ4n) is 2.41. The Morgan fingerprint density at radius 2 is 2.39 bits per heavy atom. The van der Waals surface area contributed by atoms with Crippen LogP contribution in [0.1, 0.15) is 18.9 Å². The second-order valence-electron chi connectivity index (χ2n) is 4.61. The van der Waals surface area contributed by atoms with Gasteiger partial charge in [-0.15, -0.1) is 0 Å². The van der Waals surface area contributed by atoms with Gasteiger partial charge in [-0.2, -0.15) is 0 Å². The van der Waals surface area contributed by atoms with Gasteiger partial charge in [-0.25, -0.2) is 4.39 Å². The van der Waals surface area contributed by atoms with Crippen LogP contribution >= 0.6 is 0 Å². The molecule has 0 radical (unpaired) electrons. The summed E-state index contributed by atoms with van der Waals surface area (Å²) >= 11 is 0. The summed E-state index contributed by atoms with van der Waals surface area (Å²) < 4.78 is 13.1. The van der Waals surface area contributed by atoms with Crippen molar-refractivity contribution in [3.8, 4) is 0 Å². The summed E-state index contributed by atoms with van der Waals surface area (Å²) in [4.78, 5) is 13.2. The molecule has 0 spiro atoms. The Hall–Kier alpha value is -1.62. The van der Waals surface area contributed by atoms with Crippen LogP contribution in [0.2, 0.25) is 0 Å². The molecule has 1 aromatic carbocycles. The highest BCUT2D eigenvalue weighted by Gasteiger charge is 2.24. The minimum atomic E-state index is -0.267. The number of nitrogens with two attached hydrogens (primary N) is 1. The molecule has 1 amide bonds. The number of amides is 1. The quantitative estimate of drug-likeness (QED) is 0.842. The normalized spacial score (nSPS) is 19.1. The van der Waals surface area contributed by atoms with E-state index in [1.165, 1.54) is 19.1 Å². The number of carbonyl (C=O) groups is 1. The number of anilines is 1. The van der Waals surface area contributed by atoms with E-state index in [-0.39, 0.29) is 17.8 Å². The van der Waals surface area contributed by atoms with Crippen molar-refractivity contribution >= 4 is 11.6 Å². The lowest BCUT2D eigenvalue weighted by Gasteiger charge is -2.21. The molecule has 4 nitrogen and oxygen atoms in total. The molecule has 1 aromatic rings. The standard InChI is InChI=1S/C13H18FN3O/c1-9(18)16-12-4-5-17(8-12)13-3-2-11(14)6-10(13)7-15/h2-3,6,12H,4-5,7-8,15H2,1H3,(H,16,18). The van der Waals surface area contributed by atoms with Crippen molar-refractivity contribution in [2.45, 2.75) is 25.9 Å². The first-order chi connectivity index (χ1) is 8.60. The number of benzene rings is 1. The number of carbonyl (C=O) groups excluding carboxylic acids is 1. The molecule has 0 aliphatic carbocycles. The van der Waals surface area contributed by atoms with Gasteiger partial charge in [0.15, 0.2) is 0 Å². The van der Waals surface area contributed by atoms with Crippen LogP contribution in [0.3, 0.4) is 0 Å². The first-order valence-electron chi connectivity index (χ1n) is 6.10. The third-order valence-corrected chi connectivity index (χ3v) is 3.20. The Morgan fingerprint density at radius 1 is 1.61 bits per heavy atom. The van der Waals surface area contributed by atoms with Crippen molar-refractivity contribution in [1.82, 2.24) is 5.32 Å². The zero-order valence-electron chi connectivity index (χ0n) is 10.4. The third kappa shape index (κ3) is 2.79. The summed E-state index contributed by atoms with van der Waals surface area (Å²) in [5.74, 6) is -0.281. The molecule has 3 N–H and O–H groups in total. The number of hydrogen-bond donors (Lipinski definition) is 2. The molecule has 1 saturated heterocycles. The summed E-state index contributed by atoms with van der Waals surface area (Å²) in [6.45, 7) is 3.43. The van der Waals surface area contributed by atoms with Crippen LogP contribution in [0.15, 0.2) is 18.2 Å². The highest BCUT2D eigenvalue weighted by Crippen LogP contribution is 2.25. The zero-order chi connectivity index (χ0) is 13.1. The number of nitrogens with zero attached hydrogens (tertiary/aromatic N) is 1. The summed E-state index contributed by atoms with van der Waals surface area (Å²) in [6.07, 6.45) is 0.904. The fraction of sp³-hybridized carbons (Fsp3) is 0.462. The van der Waals surface area contributed by atoms with Crippen LogP contribution in [-0.4, -0.2) is 25.0 Å². The lowest BCUT2D eigenvalue weighted by molar-refractivity contribution is -0.119. The van der Waals surface area contributed by atoms with Gasteiger partial charge in [0.1, 0.15) is 5.82 Å². The Bertz CT molecular complexity index is 450. The topological polar surface area (TPSA) is 58.4 Å². The molecule has 1 aliphatic heterocycles. The van der Waals surface area contributed by atoms with Gasteiger partial charge < -0.3 is 16.0 Å². The zero-order valence-corrected chi connectivity index (χ0v) is 10.4. The van der Waals surface area contributed by atoms with E-state index in [2.05, 4.69) is 10.2 Å². The molecule has 1 unspecified atom stereocenters. The van der Waals surface area contributed by atoms with Crippen LogP contribution in [0.4, 0.5) is 10.1 Å². The summed E-state index contributed by atoms with van der Waals surface area (Å²) in [5, 5.41) is 2.90. The molecule has 1 fully saturated rings. The molecule has 98 valence electrons. The monoisotopic (exact) mass is 251 g/mol. The van der Waals surface area contributed by atoms with Crippen LogP contribution in [-0.2, 0) is 11.3 Å². The Morgan fingerprint density at radius 3 is 3.06 bits per heavy atom. The maximum Gasteiger partial charge on any atom is 0.217 e. The summed E-state index contributed by atoms with van der Waals surface area (Å²) in [5.41, 5.74) is 7.41. The molecular formula is C13H18FN3O. The lowest BCUT2D eigenvalue weighted by atomic mass is 10.1. The second-order valence-corrected chi connectivity index (χ2v) is 4.61. The van der Waals surface area contributed by atoms with E-state index >= 15 is 0 Å². The average molecular weight is 251 g/mol. The predicted octanol–water partition coefficient (Wildman–Crippen LogP) is 0.999. The highest BCUT2D eigenvalue weighted by atomic mass is 19.1.